The first-order valence-electron chi connectivity index (χ1n) is 8.37. The highest BCUT2D eigenvalue weighted by Gasteiger charge is 2.38. The third-order valence-corrected chi connectivity index (χ3v) is 5.00. The summed E-state index contributed by atoms with van der Waals surface area (Å²) in [6, 6.07) is 7.07. The molecule has 0 aromatic heterocycles. The molecule has 2 fully saturated rings. The van der Waals surface area contributed by atoms with Gasteiger partial charge in [-0.1, -0.05) is 18.2 Å². The molecule has 124 valence electrons. The number of nitrogens with one attached hydrogen (secondary N) is 1. The monoisotopic (exact) mass is 317 g/mol. The van der Waals surface area contributed by atoms with Crippen LogP contribution in [0.15, 0.2) is 24.3 Å². The van der Waals surface area contributed by atoms with Crippen LogP contribution in [-0.4, -0.2) is 35.7 Å². The predicted octanol–water partition coefficient (Wildman–Crippen LogP) is 2.39. The molecule has 1 aromatic carbocycles. The second kappa shape index (κ2) is 7.13. The van der Waals surface area contributed by atoms with Crippen LogP contribution in [0, 0.1) is 5.92 Å². The highest BCUT2D eigenvalue weighted by Crippen LogP contribution is 2.34. The largest absolute Gasteiger partial charge is 0.478 e. The van der Waals surface area contributed by atoms with Crippen molar-refractivity contribution in [3.63, 3.8) is 0 Å². The fourth-order valence-corrected chi connectivity index (χ4v) is 3.83. The van der Waals surface area contributed by atoms with Crippen molar-refractivity contribution < 1.29 is 19.4 Å². The molecule has 0 radical (unpaired) electrons. The van der Waals surface area contributed by atoms with Crippen molar-refractivity contribution >= 4 is 11.9 Å². The van der Waals surface area contributed by atoms with Gasteiger partial charge in [-0.3, -0.25) is 4.79 Å². The normalized spacial score (nSPS) is 26.5. The van der Waals surface area contributed by atoms with Gasteiger partial charge in [0.25, 0.3) is 0 Å². The molecule has 0 spiro atoms. The van der Waals surface area contributed by atoms with E-state index in [0.717, 1.165) is 32.3 Å². The molecule has 3 unspecified atom stereocenters. The van der Waals surface area contributed by atoms with Crippen LogP contribution in [-0.2, 0) is 16.0 Å². The quantitative estimate of drug-likeness (QED) is 0.874. The van der Waals surface area contributed by atoms with Crippen molar-refractivity contribution in [2.75, 3.05) is 6.61 Å². The van der Waals surface area contributed by atoms with Crippen molar-refractivity contribution in [2.24, 2.45) is 5.92 Å². The maximum atomic E-state index is 12.3. The van der Waals surface area contributed by atoms with E-state index in [4.69, 9.17) is 4.74 Å². The highest BCUT2D eigenvalue weighted by molar-refractivity contribution is 5.89. The third-order valence-electron chi connectivity index (χ3n) is 5.00. The maximum absolute atomic E-state index is 12.3. The summed E-state index contributed by atoms with van der Waals surface area (Å²) in [4.78, 5) is 23.4. The Labute approximate surface area is 136 Å². The number of carbonyl (C=O) groups excluding carboxylic acids is 1. The zero-order valence-corrected chi connectivity index (χ0v) is 13.2. The van der Waals surface area contributed by atoms with Crippen molar-refractivity contribution in [3.8, 4) is 0 Å². The second-order valence-corrected chi connectivity index (χ2v) is 6.43. The Hall–Kier alpha value is -1.88. The van der Waals surface area contributed by atoms with Crippen molar-refractivity contribution in [3.05, 3.63) is 35.4 Å². The van der Waals surface area contributed by atoms with Gasteiger partial charge < -0.3 is 15.2 Å². The first kappa shape index (κ1) is 16.0. The number of benzene rings is 1. The number of fused-ring (bicyclic) bond motifs is 1. The fraction of sp³-hybridized carbons (Fsp3) is 0.556. The Bertz CT molecular complexity index is 586. The Morgan fingerprint density at radius 1 is 1.22 bits per heavy atom. The molecule has 5 heteroatoms. The molecule has 1 saturated carbocycles. The lowest BCUT2D eigenvalue weighted by Crippen LogP contribution is -2.45. The van der Waals surface area contributed by atoms with Gasteiger partial charge in [-0.2, -0.15) is 0 Å². The number of carboxylic acid groups (broad SMARTS) is 1. The van der Waals surface area contributed by atoms with Crippen molar-refractivity contribution in [2.45, 2.75) is 50.7 Å². The molecule has 3 atom stereocenters. The zero-order valence-electron chi connectivity index (χ0n) is 13.2. The first-order valence-corrected chi connectivity index (χ1v) is 8.37. The van der Waals surface area contributed by atoms with Crippen molar-refractivity contribution in [1.82, 2.24) is 5.32 Å². The van der Waals surface area contributed by atoms with E-state index >= 15 is 0 Å². The molecule has 23 heavy (non-hydrogen) atoms. The summed E-state index contributed by atoms with van der Waals surface area (Å²) in [5, 5.41) is 12.3. The molecule has 2 aliphatic rings. The Balaban J connectivity index is 1.55. The molecule has 2 N–H and O–H groups in total. The summed E-state index contributed by atoms with van der Waals surface area (Å²) < 4.78 is 5.72. The van der Waals surface area contributed by atoms with E-state index in [1.165, 1.54) is 0 Å². The molecular weight excluding hydrogens is 294 g/mol. The molecule has 1 aliphatic heterocycles. The number of hydrogen-bond donors (Lipinski definition) is 2. The summed E-state index contributed by atoms with van der Waals surface area (Å²) >= 11 is 0. The van der Waals surface area contributed by atoms with E-state index in [0.29, 0.717) is 30.4 Å². The van der Waals surface area contributed by atoms with E-state index in [1.54, 1.807) is 24.3 Å². The first-order chi connectivity index (χ1) is 11.1. The summed E-state index contributed by atoms with van der Waals surface area (Å²) in [6.07, 6.45) is 5.31. The van der Waals surface area contributed by atoms with E-state index in [-0.39, 0.29) is 17.5 Å². The summed E-state index contributed by atoms with van der Waals surface area (Å²) in [5.74, 6) is -0.499. The van der Waals surface area contributed by atoms with Crippen molar-refractivity contribution in [1.29, 1.82) is 0 Å². The summed E-state index contributed by atoms with van der Waals surface area (Å²) in [5.41, 5.74) is 0.989. The Morgan fingerprint density at radius 3 is 2.87 bits per heavy atom. The van der Waals surface area contributed by atoms with Crippen LogP contribution in [0.1, 0.15) is 48.0 Å². The SMILES string of the molecule is O=C(CCc1ccccc1C(=O)O)NC1CCCC2OCCC12. The molecule has 5 nitrogen and oxygen atoms in total. The molecule has 1 saturated heterocycles. The number of carboxylic acids is 1. The average Bonchev–Trinajstić information content (AvgIpc) is 3.03. The number of ether oxygens (including phenoxy) is 1. The van der Waals surface area contributed by atoms with Crippen LogP contribution in [0.25, 0.3) is 0 Å². The third kappa shape index (κ3) is 3.72. The maximum Gasteiger partial charge on any atom is 0.335 e. The number of rotatable bonds is 5. The number of aromatic carboxylic acids is 1. The zero-order chi connectivity index (χ0) is 16.2. The Morgan fingerprint density at radius 2 is 2.04 bits per heavy atom. The van der Waals surface area contributed by atoms with Gasteiger partial charge in [0, 0.05) is 25.0 Å². The van der Waals surface area contributed by atoms with Crippen LogP contribution in [0.2, 0.25) is 0 Å². The van der Waals surface area contributed by atoms with E-state index in [1.807, 2.05) is 0 Å². The molecule has 3 rings (SSSR count). The van der Waals surface area contributed by atoms with E-state index in [9.17, 15) is 14.7 Å². The molecule has 1 aliphatic carbocycles. The fourth-order valence-electron chi connectivity index (χ4n) is 3.83. The molecule has 1 aromatic rings. The molecule has 0 bridgehead atoms. The van der Waals surface area contributed by atoms with Gasteiger partial charge in [-0.05, 0) is 43.7 Å². The standard InChI is InChI=1S/C18H23NO4/c20-17(9-8-12-4-1-2-5-13(12)18(21)22)19-15-6-3-7-16-14(15)10-11-23-16/h1-2,4-5,14-16H,3,6-11H2,(H,19,20)(H,21,22). The lowest BCUT2D eigenvalue weighted by atomic mass is 9.81. The van der Waals surface area contributed by atoms with Crippen LogP contribution >= 0.6 is 0 Å². The van der Waals surface area contributed by atoms with Gasteiger partial charge >= 0.3 is 5.97 Å². The van der Waals surface area contributed by atoms with Gasteiger partial charge in [-0.25, -0.2) is 4.79 Å². The van der Waals surface area contributed by atoms with Crippen LogP contribution in [0.5, 0.6) is 0 Å². The minimum Gasteiger partial charge on any atom is -0.478 e. The summed E-state index contributed by atoms with van der Waals surface area (Å²) in [6.45, 7) is 0.799. The summed E-state index contributed by atoms with van der Waals surface area (Å²) in [7, 11) is 0. The predicted molar refractivity (Wildman–Crippen MR) is 85.4 cm³/mol. The number of amides is 1. The van der Waals surface area contributed by atoms with Crippen LogP contribution in [0.4, 0.5) is 0 Å². The minimum absolute atomic E-state index is 0.00254. The van der Waals surface area contributed by atoms with Gasteiger partial charge in [0.05, 0.1) is 11.7 Å². The van der Waals surface area contributed by atoms with E-state index in [2.05, 4.69) is 5.32 Å². The average molecular weight is 317 g/mol. The Kier molecular flexibility index (Phi) is 4.96. The number of hydrogen-bond acceptors (Lipinski definition) is 3. The van der Waals surface area contributed by atoms with Crippen LogP contribution in [0.3, 0.4) is 0 Å². The highest BCUT2D eigenvalue weighted by atomic mass is 16.5. The van der Waals surface area contributed by atoms with Gasteiger partial charge in [-0.15, -0.1) is 0 Å². The van der Waals surface area contributed by atoms with E-state index < -0.39 is 5.97 Å². The van der Waals surface area contributed by atoms with Crippen LogP contribution < -0.4 is 5.32 Å². The smallest absolute Gasteiger partial charge is 0.335 e. The van der Waals surface area contributed by atoms with Gasteiger partial charge in [0.15, 0.2) is 0 Å². The lowest BCUT2D eigenvalue weighted by Gasteiger charge is -2.33. The topological polar surface area (TPSA) is 75.6 Å². The second-order valence-electron chi connectivity index (χ2n) is 6.43. The molecule has 1 heterocycles. The lowest BCUT2D eigenvalue weighted by molar-refractivity contribution is -0.122. The molecular formula is C18H23NO4. The number of aryl methyl sites for hydroxylation is 1. The van der Waals surface area contributed by atoms with Gasteiger partial charge in [0.2, 0.25) is 5.91 Å². The molecule has 1 amide bonds. The number of carbonyl (C=O) groups is 2. The van der Waals surface area contributed by atoms with Gasteiger partial charge in [0.1, 0.15) is 0 Å². The minimum atomic E-state index is -0.945.